The minimum absolute atomic E-state index is 0.0190. The Balaban J connectivity index is 1.41. The van der Waals surface area contributed by atoms with Crippen molar-refractivity contribution in [2.45, 2.75) is 19.3 Å². The molecule has 0 aliphatic carbocycles. The summed E-state index contributed by atoms with van der Waals surface area (Å²) in [5.41, 5.74) is 1.51. The van der Waals surface area contributed by atoms with Crippen LogP contribution in [-0.4, -0.2) is 60.0 Å². The standard InChI is InChI=1S/C20H24ClN5O/c21-16-6-2-3-7-18(16)24-10-12-26(13-11-24)20(27)17-14-19(23-15-22-17)25-8-4-1-5-9-25/h2-3,6-7,14-15H,1,4-5,8-13H2. The van der Waals surface area contributed by atoms with Gasteiger partial charge in [-0.05, 0) is 31.4 Å². The predicted molar refractivity (Wildman–Crippen MR) is 108 cm³/mol. The summed E-state index contributed by atoms with van der Waals surface area (Å²) in [5.74, 6) is 0.845. The second-order valence-electron chi connectivity index (χ2n) is 7.04. The average molecular weight is 386 g/mol. The van der Waals surface area contributed by atoms with Gasteiger partial charge in [-0.1, -0.05) is 23.7 Å². The molecule has 1 amide bonds. The Morgan fingerprint density at radius 3 is 2.37 bits per heavy atom. The van der Waals surface area contributed by atoms with Crippen molar-refractivity contribution in [3.63, 3.8) is 0 Å². The number of aromatic nitrogens is 2. The monoisotopic (exact) mass is 385 g/mol. The van der Waals surface area contributed by atoms with E-state index in [1.54, 1.807) is 0 Å². The van der Waals surface area contributed by atoms with E-state index in [2.05, 4.69) is 19.8 Å². The first-order chi connectivity index (χ1) is 13.2. The van der Waals surface area contributed by atoms with E-state index >= 15 is 0 Å². The van der Waals surface area contributed by atoms with E-state index in [0.29, 0.717) is 18.8 Å². The highest BCUT2D eigenvalue weighted by Crippen LogP contribution is 2.26. The molecule has 2 aliphatic rings. The maximum Gasteiger partial charge on any atom is 0.272 e. The minimum Gasteiger partial charge on any atom is -0.367 e. The summed E-state index contributed by atoms with van der Waals surface area (Å²) in [7, 11) is 0. The highest BCUT2D eigenvalue weighted by Gasteiger charge is 2.25. The fraction of sp³-hybridized carbons (Fsp3) is 0.450. The Hall–Kier alpha value is -2.34. The van der Waals surface area contributed by atoms with Crippen molar-refractivity contribution in [2.24, 2.45) is 0 Å². The number of carbonyl (C=O) groups is 1. The molecule has 4 rings (SSSR count). The van der Waals surface area contributed by atoms with Crippen LogP contribution in [0.1, 0.15) is 29.8 Å². The number of hydrogen-bond acceptors (Lipinski definition) is 5. The third-order valence-corrected chi connectivity index (χ3v) is 5.63. The number of nitrogens with zero attached hydrogens (tertiary/aromatic N) is 5. The first kappa shape index (κ1) is 18.0. The molecule has 0 radical (unpaired) electrons. The lowest BCUT2D eigenvalue weighted by Crippen LogP contribution is -2.49. The van der Waals surface area contributed by atoms with Crippen LogP contribution in [0.3, 0.4) is 0 Å². The van der Waals surface area contributed by atoms with Crippen LogP contribution in [0.5, 0.6) is 0 Å². The first-order valence-corrected chi connectivity index (χ1v) is 9.96. The van der Waals surface area contributed by atoms with Gasteiger partial charge in [-0.3, -0.25) is 4.79 Å². The first-order valence-electron chi connectivity index (χ1n) is 9.58. The largest absolute Gasteiger partial charge is 0.367 e. The van der Waals surface area contributed by atoms with Gasteiger partial charge >= 0.3 is 0 Å². The quantitative estimate of drug-likeness (QED) is 0.812. The molecule has 7 heteroatoms. The molecule has 0 saturated carbocycles. The number of benzene rings is 1. The van der Waals surface area contributed by atoms with Crippen molar-refractivity contribution in [2.75, 3.05) is 49.1 Å². The van der Waals surface area contributed by atoms with Crippen molar-refractivity contribution in [3.05, 3.63) is 47.4 Å². The molecule has 142 valence electrons. The van der Waals surface area contributed by atoms with Crippen molar-refractivity contribution in [1.29, 1.82) is 0 Å². The van der Waals surface area contributed by atoms with Crippen LogP contribution in [0.25, 0.3) is 0 Å². The second-order valence-corrected chi connectivity index (χ2v) is 7.45. The van der Waals surface area contributed by atoms with Gasteiger partial charge in [0.25, 0.3) is 5.91 Å². The summed E-state index contributed by atoms with van der Waals surface area (Å²) in [6.45, 7) is 4.85. The number of piperazine rings is 1. The molecule has 0 atom stereocenters. The summed E-state index contributed by atoms with van der Waals surface area (Å²) in [6, 6.07) is 9.68. The maximum absolute atomic E-state index is 12.9. The molecule has 2 saturated heterocycles. The number of anilines is 2. The molecule has 2 fully saturated rings. The zero-order valence-corrected chi connectivity index (χ0v) is 16.1. The van der Waals surface area contributed by atoms with E-state index < -0.39 is 0 Å². The van der Waals surface area contributed by atoms with Gasteiger partial charge in [0.15, 0.2) is 0 Å². The van der Waals surface area contributed by atoms with Crippen LogP contribution >= 0.6 is 11.6 Å². The fourth-order valence-corrected chi connectivity index (χ4v) is 4.04. The summed E-state index contributed by atoms with van der Waals surface area (Å²) in [5, 5.41) is 0.749. The molecule has 0 N–H and O–H groups in total. The second kappa shape index (κ2) is 8.13. The van der Waals surface area contributed by atoms with Crippen molar-refractivity contribution < 1.29 is 4.79 Å². The maximum atomic E-state index is 12.9. The number of hydrogen-bond donors (Lipinski definition) is 0. The third-order valence-electron chi connectivity index (χ3n) is 5.31. The van der Waals surface area contributed by atoms with Gasteiger partial charge in [0.1, 0.15) is 17.8 Å². The normalized spacial score (nSPS) is 17.9. The SMILES string of the molecule is O=C(c1cc(N2CCCCC2)ncn1)N1CCN(c2ccccc2Cl)CC1. The van der Waals surface area contributed by atoms with Crippen LogP contribution in [0.2, 0.25) is 5.02 Å². The Morgan fingerprint density at radius 1 is 0.889 bits per heavy atom. The Kier molecular flexibility index (Phi) is 5.43. The smallest absolute Gasteiger partial charge is 0.272 e. The van der Waals surface area contributed by atoms with E-state index in [9.17, 15) is 4.79 Å². The van der Waals surface area contributed by atoms with Crippen LogP contribution in [0.4, 0.5) is 11.5 Å². The molecule has 0 spiro atoms. The Bertz CT molecular complexity index is 800. The third kappa shape index (κ3) is 4.00. The Labute approximate surface area is 164 Å². The molecular formula is C20H24ClN5O. The van der Waals surface area contributed by atoms with Gasteiger partial charge in [-0.15, -0.1) is 0 Å². The van der Waals surface area contributed by atoms with Gasteiger partial charge in [-0.25, -0.2) is 9.97 Å². The molecule has 3 heterocycles. The molecule has 2 aliphatic heterocycles. The fourth-order valence-electron chi connectivity index (χ4n) is 3.78. The average Bonchev–Trinajstić information content (AvgIpc) is 2.74. The molecule has 2 aromatic rings. The summed E-state index contributed by atoms with van der Waals surface area (Å²) in [4.78, 5) is 27.9. The lowest BCUT2D eigenvalue weighted by atomic mass is 10.1. The number of halogens is 1. The molecule has 27 heavy (non-hydrogen) atoms. The van der Waals surface area contributed by atoms with E-state index in [1.807, 2.05) is 35.2 Å². The summed E-state index contributed by atoms with van der Waals surface area (Å²) >= 11 is 6.30. The lowest BCUT2D eigenvalue weighted by Gasteiger charge is -2.36. The lowest BCUT2D eigenvalue weighted by molar-refractivity contribution is 0.0740. The van der Waals surface area contributed by atoms with Crippen molar-refractivity contribution in [3.8, 4) is 0 Å². The number of piperidine rings is 1. The van der Waals surface area contributed by atoms with E-state index in [1.165, 1.54) is 25.6 Å². The molecule has 1 aromatic carbocycles. The van der Waals surface area contributed by atoms with Gasteiger partial charge in [0.2, 0.25) is 0 Å². The summed E-state index contributed by atoms with van der Waals surface area (Å²) in [6.07, 6.45) is 5.13. The topological polar surface area (TPSA) is 52.6 Å². The van der Waals surface area contributed by atoms with Gasteiger partial charge in [-0.2, -0.15) is 0 Å². The molecule has 6 nitrogen and oxygen atoms in total. The van der Waals surface area contributed by atoms with Crippen LogP contribution in [0, 0.1) is 0 Å². The van der Waals surface area contributed by atoms with Gasteiger partial charge in [0, 0.05) is 45.3 Å². The summed E-state index contributed by atoms with van der Waals surface area (Å²) < 4.78 is 0. The van der Waals surface area contributed by atoms with Crippen LogP contribution in [-0.2, 0) is 0 Å². The molecule has 0 bridgehead atoms. The highest BCUT2D eigenvalue weighted by atomic mass is 35.5. The van der Waals surface area contributed by atoms with Crippen molar-refractivity contribution >= 4 is 29.0 Å². The van der Waals surface area contributed by atoms with Crippen molar-refractivity contribution in [1.82, 2.24) is 14.9 Å². The van der Waals surface area contributed by atoms with E-state index in [0.717, 1.165) is 42.7 Å². The van der Waals surface area contributed by atoms with Gasteiger partial charge in [0.05, 0.1) is 10.7 Å². The molecular weight excluding hydrogens is 362 g/mol. The van der Waals surface area contributed by atoms with E-state index in [-0.39, 0.29) is 5.91 Å². The van der Waals surface area contributed by atoms with Crippen LogP contribution in [0.15, 0.2) is 36.7 Å². The predicted octanol–water partition coefficient (Wildman–Crippen LogP) is 3.08. The Morgan fingerprint density at radius 2 is 1.63 bits per heavy atom. The number of carbonyl (C=O) groups excluding carboxylic acids is 1. The molecule has 1 aromatic heterocycles. The highest BCUT2D eigenvalue weighted by molar-refractivity contribution is 6.33. The van der Waals surface area contributed by atoms with Crippen LogP contribution < -0.4 is 9.80 Å². The minimum atomic E-state index is -0.0190. The molecule has 0 unspecified atom stereocenters. The number of para-hydroxylation sites is 1. The number of amides is 1. The van der Waals surface area contributed by atoms with Gasteiger partial charge < -0.3 is 14.7 Å². The zero-order chi connectivity index (χ0) is 18.6. The van der Waals surface area contributed by atoms with E-state index in [4.69, 9.17) is 11.6 Å². The zero-order valence-electron chi connectivity index (χ0n) is 15.4. The number of rotatable bonds is 3.